The van der Waals surface area contributed by atoms with Gasteiger partial charge in [0.25, 0.3) is 0 Å². The Morgan fingerprint density at radius 1 is 0.722 bits per heavy atom. The molecule has 18 heavy (non-hydrogen) atoms. The van der Waals surface area contributed by atoms with Crippen LogP contribution in [0.1, 0.15) is 11.1 Å². The highest BCUT2D eigenvalue weighted by atomic mass is 16.3. The molecule has 2 N–H and O–H groups in total. The molecule has 2 nitrogen and oxygen atoms in total. The Bertz CT molecular complexity index is 529. The van der Waals surface area contributed by atoms with Gasteiger partial charge in [-0.1, -0.05) is 60.7 Å². The first-order valence-electron chi connectivity index (χ1n) is 5.93. The van der Waals surface area contributed by atoms with Crippen molar-refractivity contribution in [2.24, 2.45) is 0 Å². The molecule has 0 saturated carbocycles. The Hall–Kier alpha value is -1.90. The smallest absolute Gasteiger partial charge is 0.0615 e. The molecule has 0 spiro atoms. The topological polar surface area (TPSA) is 40.5 Å². The molecule has 92 valence electrons. The van der Waals surface area contributed by atoms with Gasteiger partial charge in [-0.15, -0.1) is 0 Å². The van der Waals surface area contributed by atoms with E-state index in [0.717, 1.165) is 21.9 Å². The molecule has 2 aromatic carbocycles. The Kier molecular flexibility index (Phi) is 4.29. The van der Waals surface area contributed by atoms with E-state index in [9.17, 15) is 0 Å². The Morgan fingerprint density at radius 3 is 1.56 bits per heavy atom. The van der Waals surface area contributed by atoms with E-state index < -0.39 is 0 Å². The van der Waals surface area contributed by atoms with Crippen molar-refractivity contribution in [3.05, 3.63) is 59.7 Å². The molecule has 0 fully saturated rings. The van der Waals surface area contributed by atoms with E-state index in [2.05, 4.69) is 12.1 Å². The van der Waals surface area contributed by atoms with E-state index in [1.165, 1.54) is 0 Å². The van der Waals surface area contributed by atoms with E-state index in [1.54, 1.807) is 12.2 Å². The lowest BCUT2D eigenvalue weighted by Crippen LogP contribution is -1.83. The Balaban J connectivity index is 2.57. The van der Waals surface area contributed by atoms with Crippen molar-refractivity contribution < 1.29 is 10.2 Å². The summed E-state index contributed by atoms with van der Waals surface area (Å²) in [5, 5.41) is 20.0. The first kappa shape index (κ1) is 12.6. The lowest BCUT2D eigenvalue weighted by Gasteiger charge is -2.05. The molecule has 0 heterocycles. The van der Waals surface area contributed by atoms with Gasteiger partial charge in [-0.3, -0.25) is 0 Å². The molecule has 2 rings (SSSR count). The molecule has 2 aromatic rings. The molecule has 0 bridgehead atoms. The van der Waals surface area contributed by atoms with Crippen molar-refractivity contribution in [1.29, 1.82) is 0 Å². The minimum atomic E-state index is 0.0422. The van der Waals surface area contributed by atoms with E-state index >= 15 is 0 Å². The molecule has 0 saturated heterocycles. The first-order chi connectivity index (χ1) is 8.86. The van der Waals surface area contributed by atoms with Crippen LogP contribution in [0.4, 0.5) is 0 Å². The molecule has 0 amide bonds. The molecule has 2 heteroatoms. The van der Waals surface area contributed by atoms with Crippen molar-refractivity contribution in [3.8, 4) is 0 Å². The Labute approximate surface area is 107 Å². The van der Waals surface area contributed by atoms with Crippen molar-refractivity contribution >= 4 is 22.9 Å². The van der Waals surface area contributed by atoms with Gasteiger partial charge in [-0.2, -0.15) is 0 Å². The minimum absolute atomic E-state index is 0.0422. The second-order valence-corrected chi connectivity index (χ2v) is 3.96. The van der Waals surface area contributed by atoms with Crippen LogP contribution < -0.4 is 0 Å². The molecular weight excluding hydrogens is 224 g/mol. The van der Waals surface area contributed by atoms with Crippen LogP contribution in [0.2, 0.25) is 0 Å². The zero-order valence-corrected chi connectivity index (χ0v) is 10.1. The highest BCUT2D eigenvalue weighted by Gasteiger charge is 2.00. The van der Waals surface area contributed by atoms with Gasteiger partial charge in [0.2, 0.25) is 0 Å². The summed E-state index contributed by atoms with van der Waals surface area (Å²) in [5.41, 5.74) is 2.17. The van der Waals surface area contributed by atoms with Crippen molar-refractivity contribution in [3.63, 3.8) is 0 Å². The molecule has 0 aromatic heterocycles. The van der Waals surface area contributed by atoms with Crippen LogP contribution in [0.25, 0.3) is 22.9 Å². The Morgan fingerprint density at radius 2 is 1.17 bits per heavy atom. The van der Waals surface area contributed by atoms with Gasteiger partial charge in [0.1, 0.15) is 0 Å². The van der Waals surface area contributed by atoms with E-state index in [0.29, 0.717) is 0 Å². The minimum Gasteiger partial charge on any atom is -0.392 e. The fraction of sp³-hybridized carbons (Fsp3) is 0.125. The number of hydrogen-bond donors (Lipinski definition) is 2. The zero-order valence-electron chi connectivity index (χ0n) is 10.1. The summed E-state index contributed by atoms with van der Waals surface area (Å²) in [7, 11) is 0. The molecule has 0 unspecified atom stereocenters. The predicted octanol–water partition coefficient (Wildman–Crippen LogP) is 2.85. The third-order valence-corrected chi connectivity index (χ3v) is 2.80. The number of benzene rings is 2. The number of fused-ring (bicyclic) bond motifs is 1. The van der Waals surface area contributed by atoms with Crippen LogP contribution in [-0.2, 0) is 0 Å². The molecule has 0 radical (unpaired) electrons. The maximum Gasteiger partial charge on any atom is 0.0615 e. The summed E-state index contributed by atoms with van der Waals surface area (Å²) < 4.78 is 0. The molecule has 0 aliphatic heterocycles. The van der Waals surface area contributed by atoms with Gasteiger partial charge < -0.3 is 10.2 Å². The lowest BCUT2D eigenvalue weighted by molar-refractivity contribution is 0.343. The standard InChI is InChI=1S/C16H16O2/c17-11-3-7-13-5-1-9-15-14(8-4-12-18)6-2-10-16(13)15/h1-10,17-18H,11-12H2/b7-3+,8-4+. The summed E-state index contributed by atoms with van der Waals surface area (Å²) in [6.07, 6.45) is 7.29. The summed E-state index contributed by atoms with van der Waals surface area (Å²) in [4.78, 5) is 0. The van der Waals surface area contributed by atoms with Crippen LogP contribution in [-0.4, -0.2) is 23.4 Å². The average molecular weight is 240 g/mol. The second kappa shape index (κ2) is 6.15. The fourth-order valence-electron chi connectivity index (χ4n) is 2.01. The third-order valence-electron chi connectivity index (χ3n) is 2.80. The molecule has 0 aliphatic carbocycles. The quantitative estimate of drug-likeness (QED) is 0.862. The second-order valence-electron chi connectivity index (χ2n) is 3.96. The first-order valence-corrected chi connectivity index (χ1v) is 5.93. The van der Waals surface area contributed by atoms with Crippen LogP contribution in [0, 0.1) is 0 Å². The normalized spacial score (nSPS) is 11.9. The van der Waals surface area contributed by atoms with Gasteiger partial charge in [-0.05, 0) is 21.9 Å². The van der Waals surface area contributed by atoms with Crippen molar-refractivity contribution in [1.82, 2.24) is 0 Å². The number of aliphatic hydroxyl groups is 2. The highest BCUT2D eigenvalue weighted by molar-refractivity contribution is 5.96. The maximum absolute atomic E-state index is 8.84. The number of rotatable bonds is 4. The average Bonchev–Trinajstić information content (AvgIpc) is 2.42. The fourth-order valence-corrected chi connectivity index (χ4v) is 2.01. The largest absolute Gasteiger partial charge is 0.392 e. The van der Waals surface area contributed by atoms with Crippen LogP contribution in [0.3, 0.4) is 0 Å². The SMILES string of the molecule is OC/C=C/c1cccc2c(/C=C/CO)cccc12. The molecule has 0 atom stereocenters. The van der Waals surface area contributed by atoms with E-state index in [-0.39, 0.29) is 13.2 Å². The van der Waals surface area contributed by atoms with Gasteiger partial charge in [-0.25, -0.2) is 0 Å². The van der Waals surface area contributed by atoms with Gasteiger partial charge in [0.15, 0.2) is 0 Å². The van der Waals surface area contributed by atoms with Crippen molar-refractivity contribution in [2.45, 2.75) is 0 Å². The molecular formula is C16H16O2. The summed E-state index contributed by atoms with van der Waals surface area (Å²) in [6.45, 7) is 0.0843. The van der Waals surface area contributed by atoms with Gasteiger partial charge >= 0.3 is 0 Å². The molecule has 0 aliphatic rings. The lowest BCUT2D eigenvalue weighted by atomic mass is 9.99. The number of aliphatic hydroxyl groups excluding tert-OH is 2. The summed E-state index contributed by atoms with van der Waals surface area (Å²) in [5.74, 6) is 0. The van der Waals surface area contributed by atoms with Crippen molar-refractivity contribution in [2.75, 3.05) is 13.2 Å². The summed E-state index contributed by atoms with van der Waals surface area (Å²) in [6, 6.07) is 12.2. The van der Waals surface area contributed by atoms with Gasteiger partial charge in [0.05, 0.1) is 13.2 Å². The highest BCUT2D eigenvalue weighted by Crippen LogP contribution is 2.24. The summed E-state index contributed by atoms with van der Waals surface area (Å²) >= 11 is 0. The number of hydrogen-bond acceptors (Lipinski definition) is 2. The predicted molar refractivity (Wildman–Crippen MR) is 76.2 cm³/mol. The van der Waals surface area contributed by atoms with Gasteiger partial charge in [0, 0.05) is 0 Å². The zero-order chi connectivity index (χ0) is 12.8. The van der Waals surface area contributed by atoms with E-state index in [4.69, 9.17) is 10.2 Å². The van der Waals surface area contributed by atoms with Crippen LogP contribution >= 0.6 is 0 Å². The van der Waals surface area contributed by atoms with Crippen LogP contribution in [0.15, 0.2) is 48.6 Å². The monoisotopic (exact) mass is 240 g/mol. The maximum atomic E-state index is 8.84. The van der Waals surface area contributed by atoms with Crippen LogP contribution in [0.5, 0.6) is 0 Å². The van der Waals surface area contributed by atoms with E-state index in [1.807, 2.05) is 36.4 Å². The third kappa shape index (κ3) is 2.67.